The van der Waals surface area contributed by atoms with Crippen molar-refractivity contribution in [2.45, 2.75) is 13.5 Å². The van der Waals surface area contributed by atoms with Crippen molar-refractivity contribution in [1.82, 2.24) is 4.98 Å². The molecule has 1 N–H and O–H groups in total. The molecule has 4 heteroatoms. The molecule has 0 fully saturated rings. The monoisotopic (exact) mass is 253 g/mol. The summed E-state index contributed by atoms with van der Waals surface area (Å²) in [5.74, 6) is 1.45. The number of methoxy groups -OCH3 is 1. The van der Waals surface area contributed by atoms with Crippen LogP contribution in [-0.2, 0) is 6.54 Å². The normalized spacial score (nSPS) is 9.74. The molecule has 0 aliphatic heterocycles. The van der Waals surface area contributed by atoms with Crippen LogP contribution in [-0.4, -0.2) is 12.1 Å². The van der Waals surface area contributed by atoms with E-state index in [1.165, 1.54) is 0 Å². The number of rotatable bonds is 4. The molecular formula is C15H15N3O. The van der Waals surface area contributed by atoms with Crippen LogP contribution in [0.3, 0.4) is 0 Å². The molecule has 2 aromatic rings. The van der Waals surface area contributed by atoms with E-state index in [4.69, 9.17) is 10.00 Å². The summed E-state index contributed by atoms with van der Waals surface area (Å²) in [6, 6.07) is 13.5. The summed E-state index contributed by atoms with van der Waals surface area (Å²) >= 11 is 0. The number of nitrogens with one attached hydrogen (secondary N) is 1. The molecule has 96 valence electrons. The summed E-state index contributed by atoms with van der Waals surface area (Å²) in [5, 5.41) is 12.2. The van der Waals surface area contributed by atoms with E-state index in [-0.39, 0.29) is 0 Å². The summed E-state index contributed by atoms with van der Waals surface area (Å²) in [4.78, 5) is 4.33. The lowest BCUT2D eigenvalue weighted by Gasteiger charge is -2.08. The van der Waals surface area contributed by atoms with Crippen molar-refractivity contribution in [2.75, 3.05) is 12.4 Å². The number of ether oxygens (including phenoxy) is 1. The quantitative estimate of drug-likeness (QED) is 0.910. The molecule has 19 heavy (non-hydrogen) atoms. The van der Waals surface area contributed by atoms with Gasteiger partial charge in [0, 0.05) is 12.2 Å². The maximum Gasteiger partial charge on any atom is 0.144 e. The van der Waals surface area contributed by atoms with E-state index >= 15 is 0 Å². The number of pyridine rings is 1. The Morgan fingerprint density at radius 1 is 1.21 bits per heavy atom. The second kappa shape index (κ2) is 5.87. The van der Waals surface area contributed by atoms with Crippen LogP contribution in [0.25, 0.3) is 0 Å². The van der Waals surface area contributed by atoms with Gasteiger partial charge in [-0.3, -0.25) is 0 Å². The van der Waals surface area contributed by atoms with Crippen molar-refractivity contribution in [3.63, 3.8) is 0 Å². The van der Waals surface area contributed by atoms with Gasteiger partial charge in [-0.25, -0.2) is 4.98 Å². The molecule has 0 atom stereocenters. The molecular weight excluding hydrogens is 238 g/mol. The number of nitrogens with zero attached hydrogens (tertiary/aromatic N) is 2. The Morgan fingerprint density at radius 3 is 2.58 bits per heavy atom. The van der Waals surface area contributed by atoms with Gasteiger partial charge in [0.15, 0.2) is 0 Å². The molecule has 0 radical (unpaired) electrons. The minimum absolute atomic E-state index is 0.555. The second-order valence-electron chi connectivity index (χ2n) is 4.16. The summed E-state index contributed by atoms with van der Waals surface area (Å²) in [6.07, 6.45) is 0. The highest BCUT2D eigenvalue weighted by molar-refractivity contribution is 5.52. The number of nitriles is 1. The van der Waals surface area contributed by atoms with Crippen LogP contribution in [0.5, 0.6) is 5.75 Å². The fraction of sp³-hybridized carbons (Fsp3) is 0.200. The third-order valence-corrected chi connectivity index (χ3v) is 2.77. The molecule has 0 amide bonds. The van der Waals surface area contributed by atoms with E-state index in [9.17, 15) is 0 Å². The molecule has 0 bridgehead atoms. The molecule has 0 aliphatic carbocycles. The fourth-order valence-electron chi connectivity index (χ4n) is 1.71. The maximum atomic E-state index is 9.03. The summed E-state index contributed by atoms with van der Waals surface area (Å²) in [6.45, 7) is 2.52. The zero-order valence-electron chi connectivity index (χ0n) is 11.0. The minimum Gasteiger partial charge on any atom is -0.497 e. The first-order chi connectivity index (χ1) is 9.22. The summed E-state index contributed by atoms with van der Waals surface area (Å²) in [5.41, 5.74) is 2.54. The average molecular weight is 253 g/mol. The van der Waals surface area contributed by atoms with Gasteiger partial charge < -0.3 is 10.1 Å². The van der Waals surface area contributed by atoms with Crippen LogP contribution in [0, 0.1) is 18.3 Å². The van der Waals surface area contributed by atoms with Crippen molar-refractivity contribution < 1.29 is 4.74 Å². The minimum atomic E-state index is 0.555. The van der Waals surface area contributed by atoms with Gasteiger partial charge in [-0.2, -0.15) is 5.26 Å². The smallest absolute Gasteiger partial charge is 0.144 e. The molecule has 1 heterocycles. The van der Waals surface area contributed by atoms with Crippen molar-refractivity contribution >= 4 is 5.82 Å². The predicted octanol–water partition coefficient (Wildman–Crippen LogP) is 2.88. The van der Waals surface area contributed by atoms with Gasteiger partial charge in [-0.05, 0) is 36.8 Å². The van der Waals surface area contributed by atoms with Gasteiger partial charge in [-0.1, -0.05) is 12.1 Å². The first kappa shape index (κ1) is 12.9. The van der Waals surface area contributed by atoms with E-state index in [0.29, 0.717) is 17.9 Å². The van der Waals surface area contributed by atoms with Gasteiger partial charge in [0.05, 0.1) is 12.7 Å². The first-order valence-corrected chi connectivity index (χ1v) is 5.97. The van der Waals surface area contributed by atoms with Crippen molar-refractivity contribution in [3.8, 4) is 11.8 Å². The Bertz CT molecular complexity index is 600. The van der Waals surface area contributed by atoms with E-state index < -0.39 is 0 Å². The number of hydrogen-bond acceptors (Lipinski definition) is 4. The Morgan fingerprint density at radius 2 is 1.95 bits per heavy atom. The number of hydrogen-bond donors (Lipinski definition) is 1. The van der Waals surface area contributed by atoms with Crippen LogP contribution in [0.4, 0.5) is 5.82 Å². The standard InChI is InChI=1S/C15H15N3O/c1-11-3-6-13(9-16)15(18-11)17-10-12-4-7-14(19-2)8-5-12/h3-8H,10H2,1-2H3,(H,17,18). The van der Waals surface area contributed by atoms with Gasteiger partial charge in [0.2, 0.25) is 0 Å². The zero-order valence-corrected chi connectivity index (χ0v) is 11.0. The molecule has 0 unspecified atom stereocenters. The highest BCUT2D eigenvalue weighted by Gasteiger charge is 2.03. The van der Waals surface area contributed by atoms with E-state index in [2.05, 4.69) is 16.4 Å². The van der Waals surface area contributed by atoms with Crippen LogP contribution < -0.4 is 10.1 Å². The lowest BCUT2D eigenvalue weighted by atomic mass is 10.2. The van der Waals surface area contributed by atoms with E-state index in [0.717, 1.165) is 17.0 Å². The second-order valence-corrected chi connectivity index (χ2v) is 4.16. The Labute approximate surface area is 112 Å². The Kier molecular flexibility index (Phi) is 3.99. The first-order valence-electron chi connectivity index (χ1n) is 5.97. The maximum absolute atomic E-state index is 9.03. The number of aromatic nitrogens is 1. The largest absolute Gasteiger partial charge is 0.497 e. The zero-order chi connectivity index (χ0) is 13.7. The summed E-state index contributed by atoms with van der Waals surface area (Å²) in [7, 11) is 1.64. The van der Waals surface area contributed by atoms with Crippen molar-refractivity contribution in [1.29, 1.82) is 5.26 Å². The van der Waals surface area contributed by atoms with Gasteiger partial charge in [0.25, 0.3) is 0 Å². The Hall–Kier alpha value is -2.54. The lowest BCUT2D eigenvalue weighted by molar-refractivity contribution is 0.414. The SMILES string of the molecule is COc1ccc(CNc2nc(C)ccc2C#N)cc1. The van der Waals surface area contributed by atoms with Crippen LogP contribution in [0.1, 0.15) is 16.8 Å². The van der Waals surface area contributed by atoms with Crippen LogP contribution in [0.2, 0.25) is 0 Å². The third-order valence-electron chi connectivity index (χ3n) is 2.77. The molecule has 1 aromatic carbocycles. The number of benzene rings is 1. The molecule has 4 nitrogen and oxygen atoms in total. The van der Waals surface area contributed by atoms with Gasteiger partial charge in [0.1, 0.15) is 17.6 Å². The van der Waals surface area contributed by atoms with Gasteiger partial charge in [-0.15, -0.1) is 0 Å². The third kappa shape index (κ3) is 3.23. The number of anilines is 1. The molecule has 0 saturated carbocycles. The van der Waals surface area contributed by atoms with Crippen molar-refractivity contribution in [2.24, 2.45) is 0 Å². The molecule has 0 saturated heterocycles. The predicted molar refractivity (Wildman–Crippen MR) is 74.0 cm³/mol. The Balaban J connectivity index is 2.09. The fourth-order valence-corrected chi connectivity index (χ4v) is 1.71. The topological polar surface area (TPSA) is 57.9 Å². The van der Waals surface area contributed by atoms with Gasteiger partial charge >= 0.3 is 0 Å². The van der Waals surface area contributed by atoms with Crippen molar-refractivity contribution in [3.05, 3.63) is 53.2 Å². The highest BCUT2D eigenvalue weighted by atomic mass is 16.5. The van der Waals surface area contributed by atoms with E-state index in [1.54, 1.807) is 13.2 Å². The molecule has 0 aliphatic rings. The summed E-state index contributed by atoms with van der Waals surface area (Å²) < 4.78 is 5.11. The molecule has 0 spiro atoms. The van der Waals surface area contributed by atoms with E-state index in [1.807, 2.05) is 37.3 Å². The molecule has 2 rings (SSSR count). The number of aryl methyl sites for hydroxylation is 1. The highest BCUT2D eigenvalue weighted by Crippen LogP contribution is 2.15. The van der Waals surface area contributed by atoms with Crippen LogP contribution in [0.15, 0.2) is 36.4 Å². The molecule has 1 aromatic heterocycles. The lowest BCUT2D eigenvalue weighted by Crippen LogP contribution is -2.04. The average Bonchev–Trinajstić information content (AvgIpc) is 2.46. The van der Waals surface area contributed by atoms with Crippen LogP contribution >= 0.6 is 0 Å².